The molecule has 2 heterocycles. The fourth-order valence-electron chi connectivity index (χ4n) is 3.57. The van der Waals surface area contributed by atoms with Crippen LogP contribution in [0.3, 0.4) is 0 Å². The van der Waals surface area contributed by atoms with Crippen molar-refractivity contribution in [2.75, 3.05) is 32.8 Å². The number of hydrogen-bond acceptors (Lipinski definition) is 5. The van der Waals surface area contributed by atoms with E-state index in [1.807, 2.05) is 0 Å². The molecule has 25 heavy (non-hydrogen) atoms. The number of halogens is 1. The number of primary amides is 1. The maximum Gasteiger partial charge on any atom is 0.237 e. The molecule has 0 bridgehead atoms. The van der Waals surface area contributed by atoms with Crippen LogP contribution in [0.4, 0.5) is 4.39 Å². The molecule has 1 aromatic rings. The van der Waals surface area contributed by atoms with Crippen LogP contribution in [0.15, 0.2) is 24.3 Å². The molecule has 0 spiro atoms. The lowest BCUT2D eigenvalue weighted by atomic mass is 9.88. The lowest BCUT2D eigenvalue weighted by Crippen LogP contribution is -2.58. The minimum atomic E-state index is -0.872. The van der Waals surface area contributed by atoms with E-state index < -0.39 is 17.2 Å². The van der Waals surface area contributed by atoms with Crippen molar-refractivity contribution in [3.8, 4) is 0 Å². The Morgan fingerprint density at radius 3 is 2.32 bits per heavy atom. The van der Waals surface area contributed by atoms with Crippen molar-refractivity contribution in [3.63, 3.8) is 0 Å². The van der Waals surface area contributed by atoms with Crippen molar-refractivity contribution >= 4 is 5.91 Å². The second kappa shape index (κ2) is 7.37. The maximum absolute atomic E-state index is 13.2. The molecule has 1 aromatic carbocycles. The van der Waals surface area contributed by atoms with Crippen molar-refractivity contribution in [2.24, 2.45) is 11.5 Å². The zero-order chi connectivity index (χ0) is 17.9. The summed E-state index contributed by atoms with van der Waals surface area (Å²) >= 11 is 0. The van der Waals surface area contributed by atoms with Crippen LogP contribution in [0.1, 0.15) is 31.2 Å². The molecule has 0 aromatic heterocycles. The highest BCUT2D eigenvalue weighted by atomic mass is 19.1. The van der Waals surface area contributed by atoms with Crippen molar-refractivity contribution in [3.05, 3.63) is 35.6 Å². The molecular weight excluding hydrogens is 325 g/mol. The Morgan fingerprint density at radius 1 is 1.16 bits per heavy atom. The van der Waals surface area contributed by atoms with Gasteiger partial charge in [0.15, 0.2) is 5.79 Å². The predicted octanol–water partition coefficient (Wildman–Crippen LogP) is 1.08. The number of carbonyl (C=O) groups excluding carboxylic acids is 1. The van der Waals surface area contributed by atoms with Crippen LogP contribution in [-0.2, 0) is 20.1 Å². The summed E-state index contributed by atoms with van der Waals surface area (Å²) in [4.78, 5) is 13.7. The number of nitrogens with zero attached hydrogens (tertiary/aromatic N) is 1. The van der Waals surface area contributed by atoms with Crippen LogP contribution in [-0.4, -0.2) is 49.2 Å². The minimum absolute atomic E-state index is 0.273. The molecule has 2 aliphatic heterocycles. The Labute approximate surface area is 147 Å². The van der Waals surface area contributed by atoms with E-state index in [1.54, 1.807) is 12.1 Å². The van der Waals surface area contributed by atoms with E-state index in [9.17, 15) is 9.18 Å². The number of rotatable bonds is 6. The first-order valence-corrected chi connectivity index (χ1v) is 8.79. The molecule has 138 valence electrons. The van der Waals surface area contributed by atoms with Gasteiger partial charge in [0.1, 0.15) is 5.82 Å². The van der Waals surface area contributed by atoms with Crippen LogP contribution < -0.4 is 11.5 Å². The number of hydrogen-bond donors (Lipinski definition) is 2. The molecular formula is C18H26FN3O3. The number of carbonyl (C=O) groups is 1. The summed E-state index contributed by atoms with van der Waals surface area (Å²) in [5.41, 5.74) is 11.4. The first-order valence-electron chi connectivity index (χ1n) is 8.79. The minimum Gasteiger partial charge on any atom is -0.368 e. The molecule has 2 fully saturated rings. The highest BCUT2D eigenvalue weighted by Crippen LogP contribution is 2.36. The zero-order valence-corrected chi connectivity index (χ0v) is 14.4. The van der Waals surface area contributed by atoms with Crippen molar-refractivity contribution in [2.45, 2.75) is 37.0 Å². The highest BCUT2D eigenvalue weighted by molar-refractivity contribution is 5.84. The number of benzene rings is 1. The zero-order valence-electron chi connectivity index (χ0n) is 14.4. The first-order chi connectivity index (χ1) is 11.9. The predicted molar refractivity (Wildman–Crippen MR) is 91.0 cm³/mol. The number of piperidine rings is 1. The van der Waals surface area contributed by atoms with Gasteiger partial charge in [0.25, 0.3) is 0 Å². The summed E-state index contributed by atoms with van der Waals surface area (Å²) in [5.74, 6) is -1.48. The van der Waals surface area contributed by atoms with E-state index in [0.29, 0.717) is 32.5 Å². The van der Waals surface area contributed by atoms with Crippen LogP contribution in [0, 0.1) is 5.82 Å². The second-order valence-corrected chi connectivity index (χ2v) is 6.92. The summed E-state index contributed by atoms with van der Waals surface area (Å²) in [7, 11) is 0. The maximum atomic E-state index is 13.2. The van der Waals surface area contributed by atoms with Gasteiger partial charge < -0.3 is 25.8 Å². The Hall–Kier alpha value is -1.54. The van der Waals surface area contributed by atoms with Crippen LogP contribution >= 0.6 is 0 Å². The smallest absolute Gasteiger partial charge is 0.237 e. The van der Waals surface area contributed by atoms with E-state index in [0.717, 1.165) is 31.6 Å². The molecule has 2 saturated heterocycles. The second-order valence-electron chi connectivity index (χ2n) is 6.92. The normalized spacial score (nSPS) is 22.8. The first kappa shape index (κ1) is 18.3. The lowest BCUT2D eigenvalue weighted by molar-refractivity contribution is -0.172. The Bertz CT molecular complexity index is 594. The Kier molecular flexibility index (Phi) is 5.38. The topological polar surface area (TPSA) is 90.8 Å². The number of likely N-dealkylation sites (tertiary alicyclic amines) is 1. The quantitative estimate of drug-likeness (QED) is 0.800. The van der Waals surface area contributed by atoms with Crippen LogP contribution in [0.25, 0.3) is 0 Å². The average Bonchev–Trinajstić information content (AvgIpc) is 3.07. The Balaban J connectivity index is 1.53. The molecule has 1 amide bonds. The molecule has 0 aliphatic carbocycles. The van der Waals surface area contributed by atoms with Gasteiger partial charge in [0.2, 0.25) is 5.91 Å². The number of nitrogens with two attached hydrogens (primary N) is 2. The number of amides is 1. The summed E-state index contributed by atoms with van der Waals surface area (Å²) < 4.78 is 24.9. The lowest BCUT2D eigenvalue weighted by Gasteiger charge is -2.37. The average molecular weight is 351 g/mol. The van der Waals surface area contributed by atoms with Crippen molar-refractivity contribution in [1.82, 2.24) is 4.90 Å². The highest BCUT2D eigenvalue weighted by Gasteiger charge is 2.39. The van der Waals surface area contributed by atoms with Crippen molar-refractivity contribution in [1.29, 1.82) is 0 Å². The van der Waals surface area contributed by atoms with Crippen LogP contribution in [0.2, 0.25) is 0 Å². The van der Waals surface area contributed by atoms with E-state index >= 15 is 0 Å². The molecule has 0 radical (unpaired) electrons. The fourth-order valence-corrected chi connectivity index (χ4v) is 3.57. The molecule has 6 nitrogen and oxygen atoms in total. The van der Waals surface area contributed by atoms with Crippen LogP contribution in [0.5, 0.6) is 0 Å². The molecule has 3 rings (SSSR count). The summed E-state index contributed by atoms with van der Waals surface area (Å²) in [6.07, 6.45) is 2.72. The van der Waals surface area contributed by atoms with Crippen molar-refractivity contribution < 1.29 is 18.7 Å². The standard InChI is InChI=1S/C18H26FN3O3/c19-15-4-2-14(3-5-15)18(24-12-13-25-18)6-1-9-22-10-7-17(21,8-11-22)16(20)23/h2-5H,1,6-13,21H2,(H2,20,23). The van der Waals surface area contributed by atoms with Gasteiger partial charge in [-0.3, -0.25) is 4.79 Å². The van der Waals surface area contributed by atoms with E-state index in [1.165, 1.54) is 12.1 Å². The van der Waals surface area contributed by atoms with Gasteiger partial charge in [-0.25, -0.2) is 4.39 Å². The third-order valence-electron chi connectivity index (χ3n) is 5.26. The van der Waals surface area contributed by atoms with Gasteiger partial charge in [-0.15, -0.1) is 0 Å². The summed E-state index contributed by atoms with van der Waals surface area (Å²) in [6.45, 7) is 3.45. The summed E-state index contributed by atoms with van der Waals surface area (Å²) in [5, 5.41) is 0. The molecule has 4 N–H and O–H groups in total. The van der Waals surface area contributed by atoms with E-state index in [4.69, 9.17) is 20.9 Å². The van der Waals surface area contributed by atoms with Gasteiger partial charge in [0.05, 0.1) is 18.8 Å². The van der Waals surface area contributed by atoms with Gasteiger partial charge in [-0.2, -0.15) is 0 Å². The van der Waals surface area contributed by atoms with Gasteiger partial charge in [-0.05, 0) is 37.9 Å². The van der Waals surface area contributed by atoms with E-state index in [-0.39, 0.29) is 5.82 Å². The Morgan fingerprint density at radius 2 is 1.76 bits per heavy atom. The molecule has 7 heteroatoms. The van der Waals surface area contributed by atoms with Gasteiger partial charge in [0, 0.05) is 25.1 Å². The van der Waals surface area contributed by atoms with Gasteiger partial charge in [-0.1, -0.05) is 12.1 Å². The SMILES string of the molecule is NC(=O)C1(N)CCN(CCCC2(c3ccc(F)cc3)OCCO2)CC1. The monoisotopic (exact) mass is 351 g/mol. The number of ether oxygens (including phenoxy) is 2. The molecule has 0 saturated carbocycles. The molecule has 0 unspecified atom stereocenters. The molecule has 0 atom stereocenters. The molecule has 2 aliphatic rings. The summed E-state index contributed by atoms with van der Waals surface area (Å²) in [6, 6.07) is 6.29. The largest absolute Gasteiger partial charge is 0.368 e. The fraction of sp³-hybridized carbons (Fsp3) is 0.611. The third kappa shape index (κ3) is 4.00. The van der Waals surface area contributed by atoms with Gasteiger partial charge >= 0.3 is 0 Å². The third-order valence-corrected chi connectivity index (χ3v) is 5.26. The van der Waals surface area contributed by atoms with E-state index in [2.05, 4.69) is 4.90 Å².